The Hall–Kier alpha value is -2.34. The van der Waals surface area contributed by atoms with Gasteiger partial charge in [-0.1, -0.05) is 13.0 Å². The van der Waals surface area contributed by atoms with Gasteiger partial charge in [-0.2, -0.15) is 0 Å². The lowest BCUT2D eigenvalue weighted by atomic mass is 9.99. The first kappa shape index (κ1) is 15.6. The lowest BCUT2D eigenvalue weighted by Gasteiger charge is -2.13. The van der Waals surface area contributed by atoms with Gasteiger partial charge in [0.05, 0.1) is 11.4 Å². The molecule has 0 aliphatic heterocycles. The molecule has 0 unspecified atom stereocenters. The summed E-state index contributed by atoms with van der Waals surface area (Å²) in [6.45, 7) is 3.64. The predicted octanol–water partition coefficient (Wildman–Crippen LogP) is 3.55. The molecule has 0 fully saturated rings. The summed E-state index contributed by atoms with van der Waals surface area (Å²) in [6.07, 6.45) is 4.38. The highest BCUT2D eigenvalue weighted by Gasteiger charge is 2.12. The number of aromatic nitrogens is 2. The van der Waals surface area contributed by atoms with E-state index in [0.29, 0.717) is 5.69 Å². The van der Waals surface area contributed by atoms with Crippen molar-refractivity contribution in [1.29, 1.82) is 0 Å². The zero-order valence-corrected chi connectivity index (χ0v) is 13.9. The summed E-state index contributed by atoms with van der Waals surface area (Å²) in [4.78, 5) is 7.41. The minimum absolute atomic E-state index is 0.0617. The number of aryl methyl sites for hydroxylation is 1. The van der Waals surface area contributed by atoms with Crippen LogP contribution in [0.15, 0.2) is 42.7 Å². The summed E-state index contributed by atoms with van der Waals surface area (Å²) >= 11 is 0. The van der Waals surface area contributed by atoms with E-state index < -0.39 is 10.0 Å². The second-order valence-electron chi connectivity index (χ2n) is 5.33. The lowest BCUT2D eigenvalue weighted by Crippen LogP contribution is -2.15. The van der Waals surface area contributed by atoms with Crippen molar-refractivity contribution in [2.24, 2.45) is 0 Å². The molecular weight excluding hydrogens is 310 g/mol. The maximum Gasteiger partial charge on any atom is 0.232 e. The van der Waals surface area contributed by atoms with Crippen LogP contribution < -0.4 is 4.72 Å². The Morgan fingerprint density at radius 3 is 2.74 bits per heavy atom. The van der Waals surface area contributed by atoms with Crippen molar-refractivity contribution < 1.29 is 8.42 Å². The Labute approximate surface area is 135 Å². The van der Waals surface area contributed by atoms with Crippen molar-refractivity contribution in [1.82, 2.24) is 9.97 Å². The van der Waals surface area contributed by atoms with Crippen molar-refractivity contribution in [3.8, 4) is 11.1 Å². The maximum absolute atomic E-state index is 11.8. The molecule has 120 valence electrons. The van der Waals surface area contributed by atoms with Crippen molar-refractivity contribution in [2.45, 2.75) is 20.3 Å². The normalized spacial score (nSPS) is 11.7. The summed E-state index contributed by atoms with van der Waals surface area (Å²) in [6, 6.07) is 9.78. The van der Waals surface area contributed by atoms with Gasteiger partial charge in [-0.25, -0.2) is 13.4 Å². The first-order valence-electron chi connectivity index (χ1n) is 7.60. The predicted molar refractivity (Wildman–Crippen MR) is 94.0 cm³/mol. The van der Waals surface area contributed by atoms with Gasteiger partial charge in [-0.05, 0) is 54.3 Å². The topological polar surface area (TPSA) is 74.8 Å². The molecule has 2 N–H and O–H groups in total. The first-order chi connectivity index (χ1) is 11.0. The van der Waals surface area contributed by atoms with E-state index in [1.165, 1.54) is 0 Å². The number of sulfonamides is 1. The van der Waals surface area contributed by atoms with Crippen LogP contribution in [0.25, 0.3) is 22.2 Å². The van der Waals surface area contributed by atoms with Crippen LogP contribution in [-0.2, 0) is 16.4 Å². The summed E-state index contributed by atoms with van der Waals surface area (Å²) < 4.78 is 26.3. The number of nitrogens with zero attached hydrogens (tertiary/aromatic N) is 1. The van der Waals surface area contributed by atoms with Crippen LogP contribution in [0.4, 0.5) is 5.69 Å². The number of fused-ring (bicyclic) bond motifs is 1. The fraction of sp³-hybridized carbons (Fsp3) is 0.235. The van der Waals surface area contributed by atoms with Crippen LogP contribution in [-0.4, -0.2) is 24.1 Å². The highest BCUT2D eigenvalue weighted by atomic mass is 32.2. The molecule has 0 aliphatic carbocycles. The van der Waals surface area contributed by atoms with Gasteiger partial charge in [0.25, 0.3) is 0 Å². The van der Waals surface area contributed by atoms with E-state index in [2.05, 4.69) is 14.7 Å². The maximum atomic E-state index is 11.8. The number of hydrogen-bond donors (Lipinski definition) is 2. The average Bonchev–Trinajstić information content (AvgIpc) is 3.03. The van der Waals surface area contributed by atoms with Crippen LogP contribution in [0, 0.1) is 0 Å². The molecule has 0 saturated carbocycles. The Bertz CT molecular complexity index is 945. The highest BCUT2D eigenvalue weighted by Crippen LogP contribution is 2.30. The molecule has 5 nitrogen and oxygen atoms in total. The van der Waals surface area contributed by atoms with E-state index in [1.54, 1.807) is 13.1 Å². The number of benzene rings is 1. The van der Waals surface area contributed by atoms with Gasteiger partial charge >= 0.3 is 0 Å². The molecule has 1 aromatic carbocycles. The summed E-state index contributed by atoms with van der Waals surface area (Å²) in [5.41, 5.74) is 4.60. The number of nitrogens with one attached hydrogen (secondary N) is 2. The third kappa shape index (κ3) is 3.07. The number of hydrogen-bond acceptors (Lipinski definition) is 3. The van der Waals surface area contributed by atoms with E-state index in [1.807, 2.05) is 43.5 Å². The Balaban J connectivity index is 2.07. The molecule has 2 aromatic heterocycles. The summed E-state index contributed by atoms with van der Waals surface area (Å²) in [5.74, 6) is 0.0617. The Morgan fingerprint density at radius 2 is 2.00 bits per heavy atom. The molecule has 0 spiro atoms. The zero-order valence-electron chi connectivity index (χ0n) is 13.1. The molecule has 2 heterocycles. The number of anilines is 1. The van der Waals surface area contributed by atoms with Gasteiger partial charge in [0.1, 0.15) is 5.65 Å². The number of pyridine rings is 1. The van der Waals surface area contributed by atoms with Gasteiger partial charge < -0.3 is 4.98 Å². The number of rotatable bonds is 5. The van der Waals surface area contributed by atoms with Crippen molar-refractivity contribution in [3.05, 3.63) is 48.3 Å². The molecule has 23 heavy (non-hydrogen) atoms. The van der Waals surface area contributed by atoms with Crippen LogP contribution >= 0.6 is 0 Å². The molecule has 0 radical (unpaired) electrons. The van der Waals surface area contributed by atoms with Gasteiger partial charge in [0.15, 0.2) is 0 Å². The number of H-pyrrole nitrogens is 1. The van der Waals surface area contributed by atoms with Crippen molar-refractivity contribution >= 4 is 26.7 Å². The third-order valence-electron chi connectivity index (χ3n) is 3.90. The monoisotopic (exact) mass is 329 g/mol. The largest absolute Gasteiger partial charge is 0.346 e. The Morgan fingerprint density at radius 1 is 1.17 bits per heavy atom. The quantitative estimate of drug-likeness (QED) is 0.751. The molecule has 0 saturated heterocycles. The van der Waals surface area contributed by atoms with E-state index in [0.717, 1.165) is 34.1 Å². The van der Waals surface area contributed by atoms with Gasteiger partial charge in [-0.3, -0.25) is 4.72 Å². The lowest BCUT2D eigenvalue weighted by molar-refractivity contribution is 0.602. The highest BCUT2D eigenvalue weighted by molar-refractivity contribution is 7.92. The minimum Gasteiger partial charge on any atom is -0.346 e. The van der Waals surface area contributed by atoms with E-state index in [4.69, 9.17) is 0 Å². The third-order valence-corrected chi connectivity index (χ3v) is 5.19. The van der Waals surface area contributed by atoms with Crippen LogP contribution in [0.2, 0.25) is 0 Å². The molecule has 3 rings (SSSR count). The molecule has 3 aromatic rings. The fourth-order valence-electron chi connectivity index (χ4n) is 2.61. The van der Waals surface area contributed by atoms with Crippen LogP contribution in [0.5, 0.6) is 0 Å². The molecule has 6 heteroatoms. The zero-order chi connectivity index (χ0) is 16.4. The second kappa shape index (κ2) is 6.04. The van der Waals surface area contributed by atoms with E-state index in [9.17, 15) is 8.42 Å². The van der Waals surface area contributed by atoms with Crippen molar-refractivity contribution in [2.75, 3.05) is 10.5 Å². The Kier molecular flexibility index (Phi) is 4.09. The van der Waals surface area contributed by atoms with E-state index >= 15 is 0 Å². The fourth-order valence-corrected chi connectivity index (χ4v) is 3.28. The van der Waals surface area contributed by atoms with Crippen LogP contribution in [0.1, 0.15) is 19.4 Å². The van der Waals surface area contributed by atoms with E-state index in [-0.39, 0.29) is 5.75 Å². The first-order valence-corrected chi connectivity index (χ1v) is 9.25. The molecule has 0 aliphatic rings. The van der Waals surface area contributed by atoms with Gasteiger partial charge in [-0.15, -0.1) is 0 Å². The average molecular weight is 329 g/mol. The van der Waals surface area contributed by atoms with Crippen LogP contribution in [0.3, 0.4) is 0 Å². The number of aromatic amines is 1. The molecule has 0 amide bonds. The summed E-state index contributed by atoms with van der Waals surface area (Å²) in [7, 11) is -3.27. The smallest absolute Gasteiger partial charge is 0.232 e. The standard InChI is InChI=1S/C17H19N3O2S/c1-3-12-11-13(5-6-16(12)20-23(21,22)4-2)14-7-9-18-17-15(14)8-10-19-17/h5-11,20H,3-4H2,1-2H3,(H,18,19). The summed E-state index contributed by atoms with van der Waals surface area (Å²) in [5, 5.41) is 1.05. The van der Waals surface area contributed by atoms with Crippen molar-refractivity contribution in [3.63, 3.8) is 0 Å². The SMILES string of the molecule is CCc1cc(-c2ccnc3[nH]ccc23)ccc1NS(=O)(=O)CC. The minimum atomic E-state index is -3.27. The van der Waals surface area contributed by atoms with Gasteiger partial charge in [0.2, 0.25) is 10.0 Å². The molecule has 0 atom stereocenters. The second-order valence-corrected chi connectivity index (χ2v) is 7.34. The van der Waals surface area contributed by atoms with Gasteiger partial charge in [0, 0.05) is 17.8 Å². The molecular formula is C17H19N3O2S. The molecule has 0 bridgehead atoms.